The number of hydrogen-bond acceptors (Lipinski definition) is 1. The molecule has 222 valence electrons. The molecule has 0 bridgehead atoms. The van der Waals surface area contributed by atoms with Crippen LogP contribution in [0.3, 0.4) is 0 Å². The molecule has 0 amide bonds. The zero-order chi connectivity index (χ0) is 31.5. The molecule has 2 aromatic heterocycles. The summed E-state index contributed by atoms with van der Waals surface area (Å²) in [5, 5.41) is 6.33. The van der Waals surface area contributed by atoms with E-state index in [1.165, 1.54) is 64.1 Å². The topological polar surface area (TPSA) is 4.93 Å². The Bertz CT molecular complexity index is 2270. The second-order valence-corrected chi connectivity index (χ2v) is 11.9. The lowest BCUT2D eigenvalue weighted by Crippen LogP contribution is -2.00. The summed E-state index contributed by atoms with van der Waals surface area (Å²) in [5.74, 6) is 0. The molecule has 0 unspecified atom stereocenters. The standard InChI is InChI=1S/C41H33NS.C2H6/c1-5-14-27(7-3)30-22-31(28-16-10-9-11-17-28)24-32(23-30)42-38(15-6-2)33(8-4)35-21-20-29-25-40-37(26-36(29)41(35)42)34-18-12-13-19-39(34)43-40;1-2/h5-26H,4H2,1-3H3;1-2H3/b14-5-,15-6-,27-7+;. The third-order valence-electron chi connectivity index (χ3n) is 8.32. The molecule has 0 fully saturated rings. The van der Waals surface area contributed by atoms with Gasteiger partial charge in [-0.2, -0.15) is 0 Å². The molecule has 0 N–H and O–H groups in total. The van der Waals surface area contributed by atoms with Gasteiger partial charge in [-0.05, 0) is 90.9 Å². The molecule has 5 aromatic carbocycles. The van der Waals surface area contributed by atoms with Crippen molar-refractivity contribution in [1.29, 1.82) is 0 Å². The van der Waals surface area contributed by atoms with Crippen LogP contribution in [-0.4, -0.2) is 4.57 Å². The molecule has 2 heteroatoms. The normalized spacial score (nSPS) is 12.2. The number of nitrogens with zero attached hydrogens (tertiary/aromatic N) is 1. The highest BCUT2D eigenvalue weighted by atomic mass is 32.1. The van der Waals surface area contributed by atoms with Crippen LogP contribution < -0.4 is 0 Å². The van der Waals surface area contributed by atoms with E-state index >= 15 is 0 Å². The van der Waals surface area contributed by atoms with Crippen molar-refractivity contribution < 1.29 is 0 Å². The largest absolute Gasteiger partial charge is 0.309 e. The van der Waals surface area contributed by atoms with Gasteiger partial charge >= 0.3 is 0 Å². The minimum absolute atomic E-state index is 1.13. The molecule has 0 spiro atoms. The molecule has 0 saturated carbocycles. The molecule has 0 aliphatic carbocycles. The Morgan fingerprint density at radius 2 is 1.47 bits per heavy atom. The average Bonchev–Trinajstić information content (AvgIpc) is 3.62. The summed E-state index contributed by atoms with van der Waals surface area (Å²) in [4.78, 5) is 0. The Labute approximate surface area is 270 Å². The summed E-state index contributed by atoms with van der Waals surface area (Å²) in [6.45, 7) is 14.6. The monoisotopic (exact) mass is 601 g/mol. The second kappa shape index (κ2) is 13.0. The molecule has 0 radical (unpaired) electrons. The zero-order valence-corrected chi connectivity index (χ0v) is 27.6. The van der Waals surface area contributed by atoms with Crippen molar-refractivity contribution in [1.82, 2.24) is 4.57 Å². The predicted molar refractivity (Wildman–Crippen MR) is 204 cm³/mol. The summed E-state index contributed by atoms with van der Waals surface area (Å²) < 4.78 is 5.10. The number of benzene rings is 5. The third-order valence-corrected chi connectivity index (χ3v) is 9.46. The molecule has 0 aliphatic heterocycles. The van der Waals surface area contributed by atoms with E-state index in [2.05, 4.69) is 159 Å². The number of thiophene rings is 1. The van der Waals surface area contributed by atoms with Crippen LogP contribution in [0.25, 0.3) is 76.4 Å². The number of rotatable bonds is 6. The molecule has 7 rings (SSSR count). The quantitative estimate of drug-likeness (QED) is 0.167. The highest BCUT2D eigenvalue weighted by molar-refractivity contribution is 7.25. The van der Waals surface area contributed by atoms with E-state index in [4.69, 9.17) is 0 Å². The van der Waals surface area contributed by atoms with Crippen LogP contribution in [0, 0.1) is 0 Å². The summed E-state index contributed by atoms with van der Waals surface area (Å²) in [6, 6.07) is 35.7. The fraction of sp³-hybridized carbons (Fsp3) is 0.116. The SMILES string of the molecule is C=Cc1c(/C=C\C)n(-c2cc(C(/C=C\C)=C/C)cc(-c3ccccc3)c2)c2c1ccc1cc3sc4ccccc4c3cc12.CC. The van der Waals surface area contributed by atoms with Crippen LogP contribution in [0.1, 0.15) is 51.4 Å². The first-order valence-electron chi connectivity index (χ1n) is 15.8. The highest BCUT2D eigenvalue weighted by Gasteiger charge is 2.20. The Balaban J connectivity index is 0.00000175. The predicted octanol–water partition coefficient (Wildman–Crippen LogP) is 13.5. The molecular weight excluding hydrogens is 563 g/mol. The van der Waals surface area contributed by atoms with Crippen molar-refractivity contribution >= 4 is 70.9 Å². The van der Waals surface area contributed by atoms with Crippen LogP contribution >= 0.6 is 11.3 Å². The fourth-order valence-electron chi connectivity index (χ4n) is 6.41. The van der Waals surface area contributed by atoms with Crippen molar-refractivity contribution in [2.75, 3.05) is 0 Å². The van der Waals surface area contributed by atoms with Gasteiger partial charge < -0.3 is 4.57 Å². The van der Waals surface area contributed by atoms with Gasteiger partial charge in [-0.15, -0.1) is 11.3 Å². The van der Waals surface area contributed by atoms with Gasteiger partial charge in [-0.1, -0.05) is 111 Å². The number of aromatic nitrogens is 1. The van der Waals surface area contributed by atoms with E-state index in [1.54, 1.807) is 0 Å². The van der Waals surface area contributed by atoms with Crippen LogP contribution in [0.2, 0.25) is 0 Å². The molecule has 1 nitrogen and oxygen atoms in total. The molecule has 45 heavy (non-hydrogen) atoms. The zero-order valence-electron chi connectivity index (χ0n) is 26.8. The first kappa shape index (κ1) is 30.1. The number of allylic oxidation sites excluding steroid dienone is 5. The van der Waals surface area contributed by atoms with Crippen LogP contribution in [0.5, 0.6) is 0 Å². The van der Waals surface area contributed by atoms with Gasteiger partial charge in [0.15, 0.2) is 0 Å². The third kappa shape index (κ3) is 5.26. The summed E-state index contributed by atoms with van der Waals surface area (Å²) in [5.41, 5.74) is 9.41. The van der Waals surface area contributed by atoms with Crippen molar-refractivity contribution in [3.63, 3.8) is 0 Å². The summed E-state index contributed by atoms with van der Waals surface area (Å²) >= 11 is 1.87. The van der Waals surface area contributed by atoms with Crippen LogP contribution in [0.4, 0.5) is 0 Å². The number of hydrogen-bond donors (Lipinski definition) is 0. The van der Waals surface area contributed by atoms with Crippen molar-refractivity contribution in [3.8, 4) is 16.8 Å². The molecule has 7 aromatic rings. The summed E-state index contributed by atoms with van der Waals surface area (Å²) in [7, 11) is 0. The minimum Gasteiger partial charge on any atom is -0.309 e. The van der Waals surface area contributed by atoms with E-state index in [-0.39, 0.29) is 0 Å². The molecule has 0 aliphatic rings. The minimum atomic E-state index is 1.13. The fourth-order valence-corrected chi connectivity index (χ4v) is 7.55. The van der Waals surface area contributed by atoms with Crippen molar-refractivity contribution in [3.05, 3.63) is 145 Å². The van der Waals surface area contributed by atoms with Crippen molar-refractivity contribution in [2.45, 2.75) is 34.6 Å². The molecular formula is C43H39NS. The lowest BCUT2D eigenvalue weighted by Gasteiger charge is -2.16. The van der Waals surface area contributed by atoms with Gasteiger partial charge in [0.1, 0.15) is 0 Å². The van der Waals surface area contributed by atoms with Gasteiger partial charge in [0, 0.05) is 42.2 Å². The van der Waals surface area contributed by atoms with Gasteiger partial charge in [0.05, 0.1) is 11.2 Å². The van der Waals surface area contributed by atoms with E-state index in [9.17, 15) is 0 Å². The first-order chi connectivity index (χ1) is 22.1. The maximum absolute atomic E-state index is 4.28. The van der Waals surface area contributed by atoms with E-state index in [1.807, 2.05) is 31.3 Å². The lowest BCUT2D eigenvalue weighted by atomic mass is 9.97. The average molecular weight is 602 g/mol. The van der Waals surface area contributed by atoms with Gasteiger partial charge in [0.2, 0.25) is 0 Å². The number of fused-ring (bicyclic) bond motifs is 6. The molecule has 2 heterocycles. The highest BCUT2D eigenvalue weighted by Crippen LogP contribution is 2.42. The Morgan fingerprint density at radius 3 is 2.20 bits per heavy atom. The smallest absolute Gasteiger partial charge is 0.0619 e. The first-order valence-corrected chi connectivity index (χ1v) is 16.6. The van der Waals surface area contributed by atoms with Crippen molar-refractivity contribution in [2.24, 2.45) is 0 Å². The van der Waals surface area contributed by atoms with E-state index in [0.29, 0.717) is 0 Å². The molecule has 0 saturated heterocycles. The van der Waals surface area contributed by atoms with Gasteiger partial charge in [-0.25, -0.2) is 0 Å². The Morgan fingerprint density at radius 1 is 0.689 bits per heavy atom. The van der Waals surface area contributed by atoms with E-state index in [0.717, 1.165) is 16.9 Å². The lowest BCUT2D eigenvalue weighted by molar-refractivity contribution is 1.11. The van der Waals surface area contributed by atoms with Crippen LogP contribution in [0.15, 0.2) is 128 Å². The Kier molecular flexibility index (Phi) is 8.69. The molecule has 0 atom stereocenters. The maximum Gasteiger partial charge on any atom is 0.0619 e. The van der Waals surface area contributed by atoms with Crippen LogP contribution in [-0.2, 0) is 0 Å². The second-order valence-electron chi connectivity index (χ2n) is 10.8. The maximum atomic E-state index is 4.28. The summed E-state index contributed by atoms with van der Waals surface area (Å²) in [6.07, 6.45) is 12.9. The van der Waals surface area contributed by atoms with E-state index < -0.39 is 0 Å². The Hall–Kier alpha value is -4.92. The van der Waals surface area contributed by atoms with Gasteiger partial charge in [-0.3, -0.25) is 0 Å². The van der Waals surface area contributed by atoms with Gasteiger partial charge in [0.25, 0.3) is 0 Å².